The summed E-state index contributed by atoms with van der Waals surface area (Å²) in [6.45, 7) is 0.636. The molecule has 0 amide bonds. The number of anilines is 1. The van der Waals surface area contributed by atoms with Crippen LogP contribution in [0, 0.1) is 0 Å². The number of nitrogens with zero attached hydrogens (tertiary/aromatic N) is 2. The quantitative estimate of drug-likeness (QED) is 0.813. The molecule has 0 spiro atoms. The number of sulfonamides is 1. The Labute approximate surface area is 164 Å². The summed E-state index contributed by atoms with van der Waals surface area (Å²) in [4.78, 5) is -0.147. The zero-order chi connectivity index (χ0) is 20.8. The number of nitrogens with two attached hydrogens (primary N) is 1. The lowest BCUT2D eigenvalue weighted by atomic mass is 9.99. The number of halogens is 3. The van der Waals surface area contributed by atoms with Crippen LogP contribution in [0.3, 0.4) is 0 Å². The highest BCUT2D eigenvalue weighted by molar-refractivity contribution is 7.89. The molecule has 11 heteroatoms. The van der Waals surface area contributed by atoms with Crippen molar-refractivity contribution in [1.29, 1.82) is 0 Å². The van der Waals surface area contributed by atoms with E-state index in [1.165, 1.54) is 29.3 Å². The van der Waals surface area contributed by atoms with Crippen LogP contribution in [0.5, 0.6) is 11.5 Å². The second-order valence-electron chi connectivity index (χ2n) is 6.52. The van der Waals surface area contributed by atoms with Gasteiger partial charge in [-0.1, -0.05) is 12.1 Å². The van der Waals surface area contributed by atoms with Gasteiger partial charge in [-0.25, -0.2) is 13.6 Å². The Morgan fingerprint density at radius 3 is 2.41 bits per heavy atom. The second kappa shape index (κ2) is 6.92. The lowest BCUT2D eigenvalue weighted by Crippen LogP contribution is -2.23. The van der Waals surface area contributed by atoms with E-state index >= 15 is 0 Å². The molecular weight excluding hydrogens is 411 g/mol. The molecule has 2 aromatic carbocycles. The first-order chi connectivity index (χ1) is 13.6. The first-order valence-electron chi connectivity index (χ1n) is 8.60. The number of hydrogen-bond donors (Lipinski definition) is 1. The molecule has 1 atom stereocenters. The standard InChI is InChI=1S/C18H16F3N3O4S/c19-18(20,21)16-10-14(13-2-1-3-15-17(13)28-9-8-27-15)24(23-16)11-4-6-12(7-5-11)29(22,25)26/h1-7,14H,8-10H2,(H2,22,25,26). The molecule has 29 heavy (non-hydrogen) atoms. The zero-order valence-corrected chi connectivity index (χ0v) is 15.7. The maximum atomic E-state index is 13.4. The van der Waals surface area contributed by atoms with Gasteiger partial charge in [0.05, 0.1) is 16.6 Å². The topological polar surface area (TPSA) is 94.2 Å². The summed E-state index contributed by atoms with van der Waals surface area (Å²) in [5, 5.41) is 10.1. The summed E-state index contributed by atoms with van der Waals surface area (Å²) < 4.78 is 74.3. The Morgan fingerprint density at radius 2 is 1.76 bits per heavy atom. The molecular formula is C18H16F3N3O4S. The predicted octanol–water partition coefficient (Wildman–Crippen LogP) is 2.97. The number of ether oxygens (including phenoxy) is 2. The normalized spacial score (nSPS) is 19.2. The number of alkyl halides is 3. The zero-order valence-electron chi connectivity index (χ0n) is 14.9. The van der Waals surface area contributed by atoms with Gasteiger partial charge >= 0.3 is 6.18 Å². The van der Waals surface area contributed by atoms with Gasteiger partial charge in [0.15, 0.2) is 11.5 Å². The maximum Gasteiger partial charge on any atom is 0.431 e. The molecule has 2 aliphatic rings. The molecule has 0 radical (unpaired) electrons. The summed E-state index contributed by atoms with van der Waals surface area (Å²) in [5.74, 6) is 0.840. The highest BCUT2D eigenvalue weighted by atomic mass is 32.2. The van der Waals surface area contributed by atoms with Gasteiger partial charge in [-0.3, -0.25) is 5.01 Å². The fraction of sp³-hybridized carbons (Fsp3) is 0.278. The minimum absolute atomic E-state index is 0.147. The van der Waals surface area contributed by atoms with Gasteiger partial charge in [-0.15, -0.1) is 0 Å². The van der Waals surface area contributed by atoms with E-state index in [9.17, 15) is 21.6 Å². The van der Waals surface area contributed by atoms with Crippen LogP contribution in [0.25, 0.3) is 0 Å². The van der Waals surface area contributed by atoms with Crippen molar-refractivity contribution in [3.8, 4) is 11.5 Å². The Bertz CT molecular complexity index is 1070. The van der Waals surface area contributed by atoms with Crippen molar-refractivity contribution >= 4 is 21.4 Å². The Hall–Kier alpha value is -2.79. The van der Waals surface area contributed by atoms with E-state index in [1.54, 1.807) is 18.2 Å². The van der Waals surface area contributed by atoms with Crippen LogP contribution in [0.2, 0.25) is 0 Å². The van der Waals surface area contributed by atoms with Crippen LogP contribution < -0.4 is 19.6 Å². The first-order valence-corrected chi connectivity index (χ1v) is 10.1. The van der Waals surface area contributed by atoms with E-state index in [1.807, 2.05) is 0 Å². The fourth-order valence-electron chi connectivity index (χ4n) is 3.31. The predicted molar refractivity (Wildman–Crippen MR) is 98.6 cm³/mol. The molecule has 0 saturated heterocycles. The molecule has 4 rings (SSSR count). The molecule has 0 fully saturated rings. The molecule has 0 bridgehead atoms. The third-order valence-electron chi connectivity index (χ3n) is 4.62. The molecule has 154 valence electrons. The molecule has 7 nitrogen and oxygen atoms in total. The van der Waals surface area contributed by atoms with Crippen LogP contribution in [0.15, 0.2) is 52.5 Å². The highest BCUT2D eigenvalue weighted by Gasteiger charge is 2.44. The third kappa shape index (κ3) is 3.75. The Kier molecular flexibility index (Phi) is 4.66. The number of fused-ring (bicyclic) bond motifs is 1. The van der Waals surface area contributed by atoms with Gasteiger partial charge in [0.25, 0.3) is 0 Å². The van der Waals surface area contributed by atoms with Crippen molar-refractivity contribution in [3.05, 3.63) is 48.0 Å². The number of para-hydroxylation sites is 1. The summed E-state index contributed by atoms with van der Waals surface area (Å²) in [6, 6.07) is 9.40. The Balaban J connectivity index is 1.77. The molecule has 2 heterocycles. The van der Waals surface area contributed by atoms with Crippen LogP contribution >= 0.6 is 0 Å². The summed E-state index contributed by atoms with van der Waals surface area (Å²) in [7, 11) is -3.93. The van der Waals surface area contributed by atoms with Gasteiger partial charge in [-0.05, 0) is 30.3 Å². The Morgan fingerprint density at radius 1 is 1.07 bits per heavy atom. The van der Waals surface area contributed by atoms with Crippen LogP contribution in [0.1, 0.15) is 18.0 Å². The number of hydrogen-bond acceptors (Lipinski definition) is 6. The molecule has 1 unspecified atom stereocenters. The van der Waals surface area contributed by atoms with Crippen molar-refractivity contribution in [1.82, 2.24) is 0 Å². The van der Waals surface area contributed by atoms with E-state index in [2.05, 4.69) is 5.10 Å². The van der Waals surface area contributed by atoms with E-state index in [0.29, 0.717) is 23.7 Å². The number of primary sulfonamides is 1. The van der Waals surface area contributed by atoms with Gasteiger partial charge in [0.1, 0.15) is 18.9 Å². The van der Waals surface area contributed by atoms with Crippen LogP contribution in [0.4, 0.5) is 18.9 Å². The lowest BCUT2D eigenvalue weighted by Gasteiger charge is -2.28. The average Bonchev–Trinajstić information content (AvgIpc) is 3.12. The number of rotatable bonds is 3. The summed E-state index contributed by atoms with van der Waals surface area (Å²) >= 11 is 0. The lowest BCUT2D eigenvalue weighted by molar-refractivity contribution is -0.0600. The van der Waals surface area contributed by atoms with E-state index in [4.69, 9.17) is 14.6 Å². The van der Waals surface area contributed by atoms with Crippen LogP contribution in [-0.4, -0.2) is 33.5 Å². The largest absolute Gasteiger partial charge is 0.486 e. The van der Waals surface area contributed by atoms with Crippen LogP contribution in [-0.2, 0) is 10.0 Å². The molecule has 2 aliphatic heterocycles. The summed E-state index contributed by atoms with van der Waals surface area (Å²) in [5.41, 5.74) is -0.149. The van der Waals surface area contributed by atoms with E-state index in [0.717, 1.165) is 0 Å². The number of hydrazone groups is 1. The first kappa shape index (κ1) is 19.5. The molecule has 0 aromatic heterocycles. The smallest absolute Gasteiger partial charge is 0.431 e. The van der Waals surface area contributed by atoms with Gasteiger partial charge in [0, 0.05) is 12.0 Å². The van der Waals surface area contributed by atoms with Gasteiger partial charge in [-0.2, -0.15) is 18.3 Å². The minimum atomic E-state index is -4.60. The number of benzene rings is 2. The third-order valence-corrected chi connectivity index (χ3v) is 5.55. The molecule has 2 aromatic rings. The highest BCUT2D eigenvalue weighted by Crippen LogP contribution is 2.45. The average molecular weight is 427 g/mol. The maximum absolute atomic E-state index is 13.4. The second-order valence-corrected chi connectivity index (χ2v) is 8.08. The molecule has 0 aliphatic carbocycles. The van der Waals surface area contributed by atoms with Crippen molar-refractivity contribution < 1.29 is 31.1 Å². The van der Waals surface area contributed by atoms with E-state index in [-0.39, 0.29) is 23.6 Å². The minimum Gasteiger partial charge on any atom is -0.486 e. The fourth-order valence-corrected chi connectivity index (χ4v) is 3.82. The van der Waals surface area contributed by atoms with Gasteiger partial charge in [0.2, 0.25) is 10.0 Å². The summed E-state index contributed by atoms with van der Waals surface area (Å²) in [6.07, 6.45) is -4.99. The monoisotopic (exact) mass is 427 g/mol. The molecule has 2 N–H and O–H groups in total. The van der Waals surface area contributed by atoms with E-state index < -0.39 is 28.0 Å². The molecule has 0 saturated carbocycles. The van der Waals surface area contributed by atoms with Crippen molar-refractivity contribution in [3.63, 3.8) is 0 Å². The van der Waals surface area contributed by atoms with Crippen molar-refractivity contribution in [2.75, 3.05) is 18.2 Å². The van der Waals surface area contributed by atoms with Gasteiger partial charge < -0.3 is 9.47 Å². The van der Waals surface area contributed by atoms with Crippen molar-refractivity contribution in [2.45, 2.75) is 23.5 Å². The van der Waals surface area contributed by atoms with Crippen molar-refractivity contribution in [2.24, 2.45) is 10.2 Å². The SMILES string of the molecule is NS(=O)(=O)c1ccc(N2N=C(C(F)(F)F)CC2c2cccc3c2OCCO3)cc1.